The summed E-state index contributed by atoms with van der Waals surface area (Å²) in [4.78, 5) is 10.9. The fourth-order valence-electron chi connectivity index (χ4n) is 2.57. The number of fused-ring (bicyclic) bond motifs is 1. The monoisotopic (exact) mass is 318 g/mol. The topological polar surface area (TPSA) is 46.5 Å². The highest BCUT2D eigenvalue weighted by Crippen LogP contribution is 2.30. The number of carboxylic acids is 1. The Kier molecular flexibility index (Phi) is 4.62. The van der Waals surface area contributed by atoms with Crippen molar-refractivity contribution in [1.29, 1.82) is 0 Å². The van der Waals surface area contributed by atoms with Gasteiger partial charge in [-0.3, -0.25) is 0 Å². The van der Waals surface area contributed by atoms with Crippen LogP contribution < -0.4 is 4.74 Å². The second-order valence-electron chi connectivity index (χ2n) is 5.64. The zero-order valence-corrected chi connectivity index (χ0v) is 13.4. The molecule has 3 rings (SSSR count). The molecule has 3 nitrogen and oxygen atoms in total. The maximum absolute atomic E-state index is 10.9. The quantitative estimate of drug-likeness (QED) is 0.686. The van der Waals surface area contributed by atoms with Crippen molar-refractivity contribution in [1.82, 2.24) is 0 Å². The van der Waals surface area contributed by atoms with Crippen molar-refractivity contribution in [3.63, 3.8) is 0 Å². The van der Waals surface area contributed by atoms with Crippen LogP contribution >= 0.6 is 0 Å². The first-order valence-electron chi connectivity index (χ1n) is 7.74. The van der Waals surface area contributed by atoms with Crippen LogP contribution in [0, 0.1) is 6.92 Å². The molecule has 120 valence electrons. The van der Waals surface area contributed by atoms with Gasteiger partial charge in [0.15, 0.2) is 0 Å². The molecule has 0 saturated carbocycles. The van der Waals surface area contributed by atoms with E-state index in [2.05, 4.69) is 0 Å². The van der Waals surface area contributed by atoms with Crippen LogP contribution in [0.25, 0.3) is 16.8 Å². The van der Waals surface area contributed by atoms with Crippen molar-refractivity contribution in [2.75, 3.05) is 0 Å². The van der Waals surface area contributed by atoms with E-state index in [1.807, 2.05) is 67.6 Å². The zero-order chi connectivity index (χ0) is 16.9. The van der Waals surface area contributed by atoms with Gasteiger partial charge in [0.2, 0.25) is 0 Å². The lowest BCUT2D eigenvalue weighted by Gasteiger charge is -2.12. The number of rotatable bonds is 5. The van der Waals surface area contributed by atoms with Crippen LogP contribution in [0.4, 0.5) is 0 Å². The number of hydrogen-bond acceptors (Lipinski definition) is 2. The van der Waals surface area contributed by atoms with Crippen molar-refractivity contribution in [2.24, 2.45) is 0 Å². The molecule has 0 heterocycles. The highest BCUT2D eigenvalue weighted by atomic mass is 16.5. The number of aryl methyl sites for hydroxylation is 1. The van der Waals surface area contributed by atoms with E-state index in [1.165, 1.54) is 5.56 Å². The molecule has 0 fully saturated rings. The van der Waals surface area contributed by atoms with Gasteiger partial charge < -0.3 is 9.84 Å². The molecule has 1 N–H and O–H groups in total. The molecule has 0 aromatic heterocycles. The second kappa shape index (κ2) is 7.01. The Bertz CT molecular complexity index is 893. The fourth-order valence-corrected chi connectivity index (χ4v) is 2.57. The number of ether oxygens (including phenoxy) is 1. The van der Waals surface area contributed by atoms with Crippen LogP contribution in [0.15, 0.2) is 66.7 Å². The van der Waals surface area contributed by atoms with Crippen molar-refractivity contribution in [3.05, 3.63) is 83.4 Å². The summed E-state index contributed by atoms with van der Waals surface area (Å²) in [6.45, 7) is 2.48. The molecular weight excluding hydrogens is 300 g/mol. The van der Waals surface area contributed by atoms with Crippen LogP contribution in [-0.2, 0) is 11.4 Å². The van der Waals surface area contributed by atoms with E-state index < -0.39 is 5.97 Å². The Hall–Kier alpha value is -3.07. The highest BCUT2D eigenvalue weighted by molar-refractivity contribution is 5.96. The average Bonchev–Trinajstić information content (AvgIpc) is 2.59. The van der Waals surface area contributed by atoms with E-state index >= 15 is 0 Å². The third-order valence-corrected chi connectivity index (χ3v) is 3.84. The van der Waals surface area contributed by atoms with Gasteiger partial charge in [-0.15, -0.1) is 0 Å². The van der Waals surface area contributed by atoms with Gasteiger partial charge in [-0.1, -0.05) is 60.2 Å². The van der Waals surface area contributed by atoms with Crippen molar-refractivity contribution in [3.8, 4) is 5.75 Å². The predicted molar refractivity (Wildman–Crippen MR) is 96.1 cm³/mol. The van der Waals surface area contributed by atoms with Crippen molar-refractivity contribution >= 4 is 22.8 Å². The molecule has 0 aliphatic heterocycles. The molecule has 0 atom stereocenters. The maximum Gasteiger partial charge on any atom is 0.328 e. The molecule has 3 aromatic rings. The summed E-state index contributed by atoms with van der Waals surface area (Å²) in [5, 5.41) is 11.0. The van der Waals surface area contributed by atoms with E-state index in [-0.39, 0.29) is 0 Å². The summed E-state index contributed by atoms with van der Waals surface area (Å²) in [6.07, 6.45) is 2.73. The zero-order valence-electron chi connectivity index (χ0n) is 13.4. The molecule has 0 spiro atoms. The molecule has 0 radical (unpaired) electrons. The van der Waals surface area contributed by atoms with E-state index in [1.54, 1.807) is 6.08 Å². The Balaban J connectivity index is 1.95. The van der Waals surface area contributed by atoms with Crippen LogP contribution in [0.2, 0.25) is 0 Å². The van der Waals surface area contributed by atoms with Gasteiger partial charge in [0.05, 0.1) is 0 Å². The smallest absolute Gasteiger partial charge is 0.328 e. The average molecular weight is 318 g/mol. The lowest BCUT2D eigenvalue weighted by atomic mass is 10.0. The third kappa shape index (κ3) is 3.63. The van der Waals surface area contributed by atoms with E-state index in [9.17, 15) is 4.79 Å². The van der Waals surface area contributed by atoms with Gasteiger partial charge in [0, 0.05) is 11.6 Å². The first kappa shape index (κ1) is 15.8. The summed E-state index contributed by atoms with van der Waals surface area (Å²) in [7, 11) is 0. The van der Waals surface area contributed by atoms with Gasteiger partial charge in [-0.2, -0.15) is 0 Å². The molecule has 0 saturated heterocycles. The van der Waals surface area contributed by atoms with Crippen LogP contribution in [0.3, 0.4) is 0 Å². The Morgan fingerprint density at radius 2 is 1.79 bits per heavy atom. The van der Waals surface area contributed by atoms with Crippen molar-refractivity contribution in [2.45, 2.75) is 13.5 Å². The van der Waals surface area contributed by atoms with Crippen molar-refractivity contribution < 1.29 is 14.6 Å². The summed E-state index contributed by atoms with van der Waals surface area (Å²) >= 11 is 0. The van der Waals surface area contributed by atoms with Gasteiger partial charge in [0.1, 0.15) is 12.4 Å². The van der Waals surface area contributed by atoms with Crippen LogP contribution in [-0.4, -0.2) is 11.1 Å². The van der Waals surface area contributed by atoms with Gasteiger partial charge in [-0.25, -0.2) is 4.79 Å². The number of carbonyl (C=O) groups is 1. The van der Waals surface area contributed by atoms with Gasteiger partial charge in [0.25, 0.3) is 0 Å². The molecular formula is C21H18O3. The molecule has 3 aromatic carbocycles. The number of carboxylic acid groups (broad SMARTS) is 1. The Morgan fingerprint density at radius 1 is 1.04 bits per heavy atom. The third-order valence-electron chi connectivity index (χ3n) is 3.84. The summed E-state index contributed by atoms with van der Waals surface area (Å²) in [5.74, 6) is -0.306. The van der Waals surface area contributed by atoms with E-state index in [0.29, 0.717) is 12.4 Å². The minimum Gasteiger partial charge on any atom is -0.488 e. The number of hydrogen-bond donors (Lipinski definition) is 1. The standard InChI is InChI=1S/C21H18O3/c1-15-6-8-16(9-7-15)14-24-20-12-10-17-4-2-3-5-18(17)19(20)11-13-21(22)23/h2-13H,14H2,1H3,(H,22,23). The van der Waals surface area contributed by atoms with E-state index in [0.717, 1.165) is 28.0 Å². The summed E-state index contributed by atoms with van der Waals surface area (Å²) in [5.41, 5.74) is 3.05. The Morgan fingerprint density at radius 3 is 2.54 bits per heavy atom. The molecule has 0 amide bonds. The van der Waals surface area contributed by atoms with Crippen LogP contribution in [0.5, 0.6) is 5.75 Å². The van der Waals surface area contributed by atoms with Crippen LogP contribution in [0.1, 0.15) is 16.7 Å². The molecule has 0 bridgehead atoms. The van der Waals surface area contributed by atoms with Gasteiger partial charge in [-0.05, 0) is 35.4 Å². The molecule has 0 aliphatic rings. The SMILES string of the molecule is Cc1ccc(COc2ccc3ccccc3c2C=CC(=O)O)cc1. The number of benzene rings is 3. The normalized spacial score (nSPS) is 11.0. The first-order chi connectivity index (χ1) is 11.6. The van der Waals surface area contributed by atoms with Gasteiger partial charge >= 0.3 is 5.97 Å². The maximum atomic E-state index is 10.9. The highest BCUT2D eigenvalue weighted by Gasteiger charge is 2.07. The molecule has 0 unspecified atom stereocenters. The Labute approximate surface area is 140 Å². The second-order valence-corrected chi connectivity index (χ2v) is 5.64. The summed E-state index contributed by atoms with van der Waals surface area (Å²) in [6, 6.07) is 19.9. The van der Waals surface area contributed by atoms with E-state index in [4.69, 9.17) is 9.84 Å². The predicted octanol–water partition coefficient (Wildman–Crippen LogP) is 4.83. The minimum atomic E-state index is -0.979. The largest absolute Gasteiger partial charge is 0.488 e. The summed E-state index contributed by atoms with van der Waals surface area (Å²) < 4.78 is 5.96. The molecule has 24 heavy (non-hydrogen) atoms. The first-order valence-corrected chi connectivity index (χ1v) is 7.74. The molecule has 3 heteroatoms. The lowest BCUT2D eigenvalue weighted by Crippen LogP contribution is -1.98. The fraction of sp³-hybridized carbons (Fsp3) is 0.0952. The number of aliphatic carboxylic acids is 1. The minimum absolute atomic E-state index is 0.437. The molecule has 0 aliphatic carbocycles. The lowest BCUT2D eigenvalue weighted by molar-refractivity contribution is -0.131.